The third-order valence-electron chi connectivity index (χ3n) is 1.93. The molecule has 0 radical (unpaired) electrons. The Morgan fingerprint density at radius 2 is 2.06 bits per heavy atom. The molecule has 0 aromatic heterocycles. The topological polar surface area (TPSA) is 35.5 Å². The highest BCUT2D eigenvalue weighted by Gasteiger charge is 2.10. The third-order valence-corrected chi connectivity index (χ3v) is 1.93. The van der Waals surface area contributed by atoms with Crippen LogP contribution < -0.4 is 9.47 Å². The molecule has 0 saturated heterocycles. The molecule has 0 bridgehead atoms. The van der Waals surface area contributed by atoms with Crippen molar-refractivity contribution in [1.82, 2.24) is 0 Å². The van der Waals surface area contributed by atoms with E-state index in [-0.39, 0.29) is 17.3 Å². The quantitative estimate of drug-likeness (QED) is 0.729. The molecular formula is C11H12F2O3. The molecule has 5 heteroatoms. The second-order valence-corrected chi connectivity index (χ2v) is 3.12. The van der Waals surface area contributed by atoms with Crippen molar-refractivity contribution in [2.75, 3.05) is 13.7 Å². The predicted molar refractivity (Wildman–Crippen MR) is 54.5 cm³/mol. The minimum Gasteiger partial charge on any atom is -0.493 e. The first-order valence-corrected chi connectivity index (χ1v) is 4.64. The van der Waals surface area contributed by atoms with Crippen molar-refractivity contribution < 1.29 is 23.0 Å². The zero-order valence-corrected chi connectivity index (χ0v) is 9.00. The van der Waals surface area contributed by atoms with Gasteiger partial charge in [0.05, 0.1) is 7.11 Å². The van der Waals surface area contributed by atoms with Crippen LogP contribution in [0.1, 0.15) is 17.3 Å². The van der Waals surface area contributed by atoms with Crippen LogP contribution >= 0.6 is 0 Å². The number of Topliss-reactive ketones (excluding diaryl/α,β-unsaturated/α-hetero) is 1. The minimum atomic E-state index is -2.54. The van der Waals surface area contributed by atoms with E-state index in [2.05, 4.69) is 0 Å². The first-order valence-electron chi connectivity index (χ1n) is 4.64. The summed E-state index contributed by atoms with van der Waals surface area (Å²) in [6.45, 7) is 0.713. The zero-order valence-electron chi connectivity index (χ0n) is 9.00. The van der Waals surface area contributed by atoms with Gasteiger partial charge in [0.15, 0.2) is 17.3 Å². The van der Waals surface area contributed by atoms with Crippen LogP contribution in [-0.4, -0.2) is 25.9 Å². The zero-order chi connectivity index (χ0) is 12.1. The second-order valence-electron chi connectivity index (χ2n) is 3.12. The van der Waals surface area contributed by atoms with E-state index in [9.17, 15) is 13.6 Å². The molecule has 0 spiro atoms. The van der Waals surface area contributed by atoms with Crippen LogP contribution in [0.2, 0.25) is 0 Å². The van der Waals surface area contributed by atoms with Gasteiger partial charge in [-0.1, -0.05) is 0 Å². The minimum absolute atomic E-state index is 0.126. The van der Waals surface area contributed by atoms with E-state index in [0.29, 0.717) is 5.56 Å². The lowest BCUT2D eigenvalue weighted by atomic mass is 10.1. The number of benzene rings is 1. The number of ether oxygens (including phenoxy) is 2. The first kappa shape index (κ1) is 12.4. The molecule has 0 aliphatic heterocycles. The summed E-state index contributed by atoms with van der Waals surface area (Å²) in [6, 6.07) is 4.41. The highest BCUT2D eigenvalue weighted by atomic mass is 19.3. The van der Waals surface area contributed by atoms with Gasteiger partial charge in [0.25, 0.3) is 6.43 Å². The molecule has 1 aromatic carbocycles. The maximum absolute atomic E-state index is 11.9. The van der Waals surface area contributed by atoms with Crippen LogP contribution in [0.3, 0.4) is 0 Å². The standard InChI is InChI=1S/C11H12F2O3/c1-7(14)8-3-4-9(10(5-8)15-2)16-6-11(12)13/h3-5,11H,6H2,1-2H3. The maximum atomic E-state index is 11.9. The van der Waals surface area contributed by atoms with Gasteiger partial charge < -0.3 is 9.47 Å². The van der Waals surface area contributed by atoms with Gasteiger partial charge >= 0.3 is 0 Å². The Kier molecular flexibility index (Phi) is 4.22. The molecule has 0 heterocycles. The molecule has 3 nitrogen and oxygen atoms in total. The number of hydrogen-bond acceptors (Lipinski definition) is 3. The molecular weight excluding hydrogens is 218 g/mol. The number of carbonyl (C=O) groups excluding carboxylic acids is 1. The van der Waals surface area contributed by atoms with Crippen LogP contribution in [0.25, 0.3) is 0 Å². The average Bonchev–Trinajstić information content (AvgIpc) is 2.25. The number of halogens is 2. The molecule has 1 rings (SSSR count). The van der Waals surface area contributed by atoms with Gasteiger partial charge in [0.2, 0.25) is 0 Å². The van der Waals surface area contributed by atoms with Crippen LogP contribution in [0.4, 0.5) is 8.78 Å². The second kappa shape index (κ2) is 5.44. The number of ketones is 1. The number of methoxy groups -OCH3 is 1. The van der Waals surface area contributed by atoms with E-state index in [4.69, 9.17) is 9.47 Å². The van der Waals surface area contributed by atoms with Gasteiger partial charge in [-0.3, -0.25) is 4.79 Å². The lowest BCUT2D eigenvalue weighted by molar-refractivity contribution is 0.0803. The van der Waals surface area contributed by atoms with E-state index in [1.807, 2.05) is 0 Å². The third kappa shape index (κ3) is 3.18. The molecule has 1 aromatic rings. The van der Waals surface area contributed by atoms with Gasteiger partial charge in [-0.2, -0.15) is 0 Å². The van der Waals surface area contributed by atoms with Crippen LogP contribution in [0.15, 0.2) is 18.2 Å². The van der Waals surface area contributed by atoms with E-state index in [0.717, 1.165) is 0 Å². The van der Waals surface area contributed by atoms with E-state index >= 15 is 0 Å². The van der Waals surface area contributed by atoms with Crippen molar-refractivity contribution >= 4 is 5.78 Å². The van der Waals surface area contributed by atoms with Gasteiger partial charge in [-0.05, 0) is 25.1 Å². The summed E-state index contributed by atoms with van der Waals surface area (Å²) in [7, 11) is 1.38. The Morgan fingerprint density at radius 1 is 1.38 bits per heavy atom. The first-order chi connectivity index (χ1) is 7.54. The molecule has 0 amide bonds. The summed E-state index contributed by atoms with van der Waals surface area (Å²) < 4.78 is 33.7. The highest BCUT2D eigenvalue weighted by molar-refractivity contribution is 5.94. The maximum Gasteiger partial charge on any atom is 0.272 e. The number of hydrogen-bond donors (Lipinski definition) is 0. The van der Waals surface area contributed by atoms with Gasteiger partial charge in [0, 0.05) is 5.56 Å². The van der Waals surface area contributed by atoms with Crippen molar-refractivity contribution in [3.63, 3.8) is 0 Å². The predicted octanol–water partition coefficient (Wildman–Crippen LogP) is 2.54. The molecule has 0 aliphatic carbocycles. The summed E-state index contributed by atoms with van der Waals surface area (Å²) in [5.74, 6) is 0.347. The fraction of sp³-hybridized carbons (Fsp3) is 0.364. The summed E-state index contributed by atoms with van der Waals surface area (Å²) >= 11 is 0. The fourth-order valence-electron chi connectivity index (χ4n) is 1.16. The Morgan fingerprint density at radius 3 is 2.56 bits per heavy atom. The van der Waals surface area contributed by atoms with Crippen LogP contribution in [0.5, 0.6) is 11.5 Å². The SMILES string of the molecule is COc1cc(C(C)=O)ccc1OCC(F)F. The average molecular weight is 230 g/mol. The fourth-order valence-corrected chi connectivity index (χ4v) is 1.16. The summed E-state index contributed by atoms with van der Waals surface area (Å²) in [5.41, 5.74) is 0.446. The number of alkyl halides is 2. The number of rotatable bonds is 5. The largest absolute Gasteiger partial charge is 0.493 e. The van der Waals surface area contributed by atoms with E-state index in [1.54, 1.807) is 0 Å². The smallest absolute Gasteiger partial charge is 0.272 e. The summed E-state index contributed by atoms with van der Waals surface area (Å²) in [4.78, 5) is 11.1. The van der Waals surface area contributed by atoms with Crippen molar-refractivity contribution in [2.45, 2.75) is 13.3 Å². The molecule has 0 saturated carbocycles. The van der Waals surface area contributed by atoms with Crippen molar-refractivity contribution in [2.24, 2.45) is 0 Å². The van der Waals surface area contributed by atoms with Crippen LogP contribution in [0, 0.1) is 0 Å². The molecule has 0 aliphatic rings. The Bertz CT molecular complexity index is 377. The molecule has 16 heavy (non-hydrogen) atoms. The van der Waals surface area contributed by atoms with Crippen LogP contribution in [-0.2, 0) is 0 Å². The normalized spacial score (nSPS) is 10.3. The monoisotopic (exact) mass is 230 g/mol. The Balaban J connectivity index is 2.89. The van der Waals surface area contributed by atoms with Crippen molar-refractivity contribution in [3.8, 4) is 11.5 Å². The molecule has 0 unspecified atom stereocenters. The Hall–Kier alpha value is -1.65. The highest BCUT2D eigenvalue weighted by Crippen LogP contribution is 2.28. The molecule has 0 N–H and O–H groups in total. The van der Waals surface area contributed by atoms with E-state index < -0.39 is 13.0 Å². The summed E-state index contributed by atoms with van der Waals surface area (Å²) in [6.07, 6.45) is -2.54. The van der Waals surface area contributed by atoms with E-state index in [1.165, 1.54) is 32.2 Å². The lowest BCUT2D eigenvalue weighted by Crippen LogP contribution is -2.08. The Labute approximate surface area is 92.0 Å². The van der Waals surface area contributed by atoms with Gasteiger partial charge in [0.1, 0.15) is 6.61 Å². The van der Waals surface area contributed by atoms with Crippen molar-refractivity contribution in [3.05, 3.63) is 23.8 Å². The molecule has 0 fully saturated rings. The number of carbonyl (C=O) groups is 1. The van der Waals surface area contributed by atoms with Gasteiger partial charge in [-0.15, -0.1) is 0 Å². The summed E-state index contributed by atoms with van der Waals surface area (Å²) in [5, 5.41) is 0. The lowest BCUT2D eigenvalue weighted by Gasteiger charge is -2.10. The van der Waals surface area contributed by atoms with Crippen molar-refractivity contribution in [1.29, 1.82) is 0 Å². The molecule has 88 valence electrons. The van der Waals surface area contributed by atoms with Gasteiger partial charge in [-0.25, -0.2) is 8.78 Å². The molecule has 0 atom stereocenters.